The Labute approximate surface area is 145 Å². The average molecular weight is 345 g/mol. The Kier molecular flexibility index (Phi) is 8.02. The summed E-state index contributed by atoms with van der Waals surface area (Å²) < 4.78 is 6.77. The highest BCUT2D eigenvalue weighted by atomic mass is 35.5. The van der Waals surface area contributed by atoms with Crippen molar-refractivity contribution in [3.8, 4) is 0 Å². The minimum absolute atomic E-state index is 0. The van der Waals surface area contributed by atoms with Crippen LogP contribution in [-0.2, 0) is 22.6 Å². The van der Waals surface area contributed by atoms with E-state index in [1.807, 2.05) is 20.8 Å². The lowest BCUT2D eigenvalue weighted by Gasteiger charge is -2.31. The number of ether oxygens (including phenoxy) is 1. The second-order valence-electron chi connectivity index (χ2n) is 6.01. The molecule has 2 rings (SSSR count). The summed E-state index contributed by atoms with van der Waals surface area (Å²) in [5, 5.41) is 7.91. The topological polar surface area (TPSA) is 59.4 Å². The van der Waals surface area contributed by atoms with Crippen LogP contribution in [0, 0.1) is 13.8 Å². The van der Waals surface area contributed by atoms with Gasteiger partial charge in [0.2, 0.25) is 0 Å². The van der Waals surface area contributed by atoms with E-state index < -0.39 is 0 Å². The van der Waals surface area contributed by atoms with Crippen LogP contribution >= 0.6 is 12.4 Å². The van der Waals surface area contributed by atoms with E-state index in [1.54, 1.807) is 4.68 Å². The molecule has 23 heavy (non-hydrogen) atoms. The highest BCUT2D eigenvalue weighted by Crippen LogP contribution is 2.19. The maximum absolute atomic E-state index is 11.7. The zero-order valence-corrected chi connectivity index (χ0v) is 15.4. The smallest absolute Gasteiger partial charge is 0.327 e. The van der Waals surface area contributed by atoms with Crippen molar-refractivity contribution in [2.75, 3.05) is 26.7 Å². The molecule has 0 aliphatic carbocycles. The standard InChI is InChI=1S/C16H28N4O2.ClH/c1-5-22-16(21)11-20-13(3)15(12(2)18-20)10-19(4)14-6-8-17-9-7-14;/h14,17H,5-11H2,1-4H3;1H. The Morgan fingerprint density at radius 3 is 2.65 bits per heavy atom. The van der Waals surface area contributed by atoms with E-state index in [0.717, 1.165) is 31.0 Å². The van der Waals surface area contributed by atoms with E-state index in [0.29, 0.717) is 12.6 Å². The lowest BCUT2D eigenvalue weighted by molar-refractivity contribution is -0.144. The van der Waals surface area contributed by atoms with Crippen molar-refractivity contribution in [2.45, 2.75) is 52.7 Å². The van der Waals surface area contributed by atoms with Gasteiger partial charge in [-0.25, -0.2) is 0 Å². The van der Waals surface area contributed by atoms with Gasteiger partial charge in [-0.3, -0.25) is 14.4 Å². The number of carbonyl (C=O) groups excluding carboxylic acids is 1. The lowest BCUT2D eigenvalue weighted by Crippen LogP contribution is -2.40. The second-order valence-corrected chi connectivity index (χ2v) is 6.01. The number of piperidine rings is 1. The van der Waals surface area contributed by atoms with E-state index in [-0.39, 0.29) is 24.9 Å². The molecule has 1 saturated heterocycles. The van der Waals surface area contributed by atoms with Crippen molar-refractivity contribution < 1.29 is 9.53 Å². The number of rotatable bonds is 6. The van der Waals surface area contributed by atoms with Crippen LogP contribution in [-0.4, -0.2) is 53.4 Å². The number of aryl methyl sites for hydroxylation is 1. The molecule has 1 aliphatic rings. The van der Waals surface area contributed by atoms with Gasteiger partial charge in [-0.15, -0.1) is 12.4 Å². The number of hydrogen-bond donors (Lipinski definition) is 1. The van der Waals surface area contributed by atoms with Crippen LogP contribution in [0.2, 0.25) is 0 Å². The Hall–Kier alpha value is -1.11. The molecule has 0 unspecified atom stereocenters. The van der Waals surface area contributed by atoms with E-state index >= 15 is 0 Å². The monoisotopic (exact) mass is 344 g/mol. The van der Waals surface area contributed by atoms with Crippen molar-refractivity contribution >= 4 is 18.4 Å². The summed E-state index contributed by atoms with van der Waals surface area (Å²) in [5.41, 5.74) is 3.29. The number of hydrogen-bond acceptors (Lipinski definition) is 5. The molecule has 1 aromatic rings. The quantitative estimate of drug-likeness (QED) is 0.795. The van der Waals surface area contributed by atoms with E-state index in [2.05, 4.69) is 22.4 Å². The minimum Gasteiger partial charge on any atom is -0.465 e. The first-order chi connectivity index (χ1) is 10.5. The summed E-state index contributed by atoms with van der Waals surface area (Å²) in [6, 6.07) is 0.619. The molecule has 1 aromatic heterocycles. The van der Waals surface area contributed by atoms with Gasteiger partial charge in [-0.1, -0.05) is 0 Å². The number of halogens is 1. The molecule has 1 N–H and O–H groups in total. The third-order valence-corrected chi connectivity index (χ3v) is 4.46. The SMILES string of the molecule is CCOC(=O)Cn1nc(C)c(CN(C)C2CCNCC2)c1C.Cl. The molecule has 0 aromatic carbocycles. The molecular formula is C16H29ClN4O2. The van der Waals surface area contributed by atoms with Gasteiger partial charge < -0.3 is 10.1 Å². The molecule has 6 nitrogen and oxygen atoms in total. The fourth-order valence-electron chi connectivity index (χ4n) is 3.07. The first kappa shape index (κ1) is 19.9. The van der Waals surface area contributed by atoms with Crippen LogP contribution in [0.25, 0.3) is 0 Å². The maximum Gasteiger partial charge on any atom is 0.327 e. The van der Waals surface area contributed by atoms with E-state index in [9.17, 15) is 4.79 Å². The van der Waals surface area contributed by atoms with Crippen LogP contribution in [0.5, 0.6) is 0 Å². The Morgan fingerprint density at radius 2 is 2.04 bits per heavy atom. The van der Waals surface area contributed by atoms with Gasteiger partial charge in [0.1, 0.15) is 6.54 Å². The molecule has 0 atom stereocenters. The predicted molar refractivity (Wildman–Crippen MR) is 92.9 cm³/mol. The van der Waals surface area contributed by atoms with Crippen LogP contribution in [0.3, 0.4) is 0 Å². The first-order valence-corrected chi connectivity index (χ1v) is 8.12. The molecule has 132 valence electrons. The fourth-order valence-corrected chi connectivity index (χ4v) is 3.07. The number of nitrogens with one attached hydrogen (secondary N) is 1. The number of nitrogens with zero attached hydrogens (tertiary/aromatic N) is 3. The summed E-state index contributed by atoms with van der Waals surface area (Å²) in [6.07, 6.45) is 2.37. The summed E-state index contributed by atoms with van der Waals surface area (Å²) in [4.78, 5) is 14.1. The van der Waals surface area contributed by atoms with Crippen molar-refractivity contribution in [2.24, 2.45) is 0 Å². The highest BCUT2D eigenvalue weighted by molar-refractivity contribution is 5.85. The summed E-state index contributed by atoms with van der Waals surface area (Å²) in [7, 11) is 2.18. The summed E-state index contributed by atoms with van der Waals surface area (Å²) >= 11 is 0. The van der Waals surface area contributed by atoms with Gasteiger partial charge in [0, 0.05) is 23.8 Å². The van der Waals surface area contributed by atoms with Crippen LogP contribution < -0.4 is 5.32 Å². The van der Waals surface area contributed by atoms with Crippen molar-refractivity contribution in [3.63, 3.8) is 0 Å². The Morgan fingerprint density at radius 1 is 1.39 bits per heavy atom. The van der Waals surface area contributed by atoms with Gasteiger partial charge in [-0.05, 0) is 53.8 Å². The fraction of sp³-hybridized carbons (Fsp3) is 0.750. The molecule has 0 spiro atoms. The van der Waals surface area contributed by atoms with Gasteiger partial charge >= 0.3 is 5.97 Å². The molecule has 0 radical (unpaired) electrons. The Bertz CT molecular complexity index is 512. The second kappa shape index (κ2) is 9.25. The average Bonchev–Trinajstić information content (AvgIpc) is 2.76. The maximum atomic E-state index is 11.7. The molecule has 1 fully saturated rings. The van der Waals surface area contributed by atoms with Crippen LogP contribution in [0.4, 0.5) is 0 Å². The summed E-state index contributed by atoms with van der Waals surface area (Å²) in [5.74, 6) is -0.230. The molecule has 0 saturated carbocycles. The van der Waals surface area contributed by atoms with E-state index in [1.165, 1.54) is 18.4 Å². The van der Waals surface area contributed by atoms with Gasteiger partial charge in [-0.2, -0.15) is 5.10 Å². The molecule has 2 heterocycles. The minimum atomic E-state index is -0.230. The van der Waals surface area contributed by atoms with Crippen LogP contribution in [0.1, 0.15) is 36.7 Å². The van der Waals surface area contributed by atoms with Crippen LogP contribution in [0.15, 0.2) is 0 Å². The van der Waals surface area contributed by atoms with Gasteiger partial charge in [0.15, 0.2) is 0 Å². The Balaban J connectivity index is 0.00000264. The molecular weight excluding hydrogens is 316 g/mol. The third kappa shape index (κ3) is 5.19. The highest BCUT2D eigenvalue weighted by Gasteiger charge is 2.21. The molecule has 0 bridgehead atoms. The lowest BCUT2D eigenvalue weighted by atomic mass is 10.0. The van der Waals surface area contributed by atoms with Crippen molar-refractivity contribution in [1.82, 2.24) is 20.0 Å². The zero-order valence-electron chi connectivity index (χ0n) is 14.6. The number of carbonyl (C=O) groups is 1. The molecule has 1 aliphatic heterocycles. The van der Waals surface area contributed by atoms with Gasteiger partial charge in [0.05, 0.1) is 12.3 Å². The summed E-state index contributed by atoms with van der Waals surface area (Å²) in [6.45, 7) is 9.53. The largest absolute Gasteiger partial charge is 0.465 e. The van der Waals surface area contributed by atoms with Gasteiger partial charge in [0.25, 0.3) is 0 Å². The number of esters is 1. The molecule has 7 heteroatoms. The van der Waals surface area contributed by atoms with E-state index in [4.69, 9.17) is 4.74 Å². The zero-order chi connectivity index (χ0) is 16.1. The third-order valence-electron chi connectivity index (χ3n) is 4.46. The normalized spacial score (nSPS) is 15.5. The van der Waals surface area contributed by atoms with Crippen molar-refractivity contribution in [3.05, 3.63) is 17.0 Å². The first-order valence-electron chi connectivity index (χ1n) is 8.12. The number of aromatic nitrogens is 2. The predicted octanol–water partition coefficient (Wildman–Crippen LogP) is 1.67. The van der Waals surface area contributed by atoms with Crippen molar-refractivity contribution in [1.29, 1.82) is 0 Å². The molecule has 0 amide bonds.